The van der Waals surface area contributed by atoms with Gasteiger partial charge in [-0.25, -0.2) is 13.1 Å². The third-order valence-corrected chi connectivity index (χ3v) is 4.75. The van der Waals surface area contributed by atoms with Crippen molar-refractivity contribution >= 4 is 21.6 Å². The van der Waals surface area contributed by atoms with Crippen LogP contribution in [0, 0.1) is 0 Å². The molecule has 0 bridgehead atoms. The zero-order valence-electron chi connectivity index (χ0n) is 12.5. The Kier molecular flexibility index (Phi) is 4.94. The van der Waals surface area contributed by atoms with Crippen molar-refractivity contribution < 1.29 is 12.8 Å². The maximum Gasteiger partial charge on any atom is 0.247 e. The van der Waals surface area contributed by atoms with Crippen molar-refractivity contribution in [3.63, 3.8) is 0 Å². The highest BCUT2D eigenvalue weighted by Gasteiger charge is 2.14. The summed E-state index contributed by atoms with van der Waals surface area (Å²) in [6, 6.07) is 15.9. The van der Waals surface area contributed by atoms with Crippen molar-refractivity contribution in [2.24, 2.45) is 0 Å². The SMILES string of the molecule is O=S(=O)(Cc1ccc(Cl)cc1)NCc1nnc(-c2ccccc2)o1. The summed E-state index contributed by atoms with van der Waals surface area (Å²) in [7, 11) is -3.52. The molecule has 0 aliphatic rings. The number of benzene rings is 2. The minimum atomic E-state index is -3.52. The summed E-state index contributed by atoms with van der Waals surface area (Å²) in [5, 5.41) is 8.33. The molecule has 124 valence electrons. The Morgan fingerprint density at radius 2 is 1.71 bits per heavy atom. The van der Waals surface area contributed by atoms with Crippen molar-refractivity contribution in [3.8, 4) is 11.5 Å². The van der Waals surface area contributed by atoms with E-state index in [1.807, 2.05) is 30.3 Å². The molecule has 1 heterocycles. The average molecular weight is 364 g/mol. The van der Waals surface area contributed by atoms with Crippen LogP contribution in [0.1, 0.15) is 11.5 Å². The molecule has 0 unspecified atom stereocenters. The lowest BCUT2D eigenvalue weighted by atomic mass is 10.2. The first-order chi connectivity index (χ1) is 11.5. The van der Waals surface area contributed by atoms with Crippen LogP contribution < -0.4 is 4.72 Å². The molecule has 6 nitrogen and oxygen atoms in total. The van der Waals surface area contributed by atoms with Crippen LogP contribution in [0.5, 0.6) is 0 Å². The highest BCUT2D eigenvalue weighted by Crippen LogP contribution is 2.17. The van der Waals surface area contributed by atoms with Crippen LogP contribution in [0.25, 0.3) is 11.5 Å². The summed E-state index contributed by atoms with van der Waals surface area (Å²) in [6.07, 6.45) is 0. The van der Waals surface area contributed by atoms with E-state index in [1.54, 1.807) is 24.3 Å². The smallest absolute Gasteiger partial charge is 0.247 e. The van der Waals surface area contributed by atoms with Crippen LogP contribution in [0.15, 0.2) is 59.0 Å². The molecule has 2 aromatic carbocycles. The molecular weight excluding hydrogens is 350 g/mol. The number of sulfonamides is 1. The number of halogens is 1. The molecule has 0 saturated carbocycles. The first kappa shape index (κ1) is 16.6. The van der Waals surface area contributed by atoms with E-state index in [0.717, 1.165) is 5.56 Å². The molecular formula is C16H14ClN3O3S. The minimum absolute atomic E-state index is 0.0598. The van der Waals surface area contributed by atoms with Gasteiger partial charge < -0.3 is 4.42 Å². The molecule has 0 amide bonds. The van der Waals surface area contributed by atoms with Gasteiger partial charge in [-0.05, 0) is 29.8 Å². The Bertz CT molecular complexity index is 909. The van der Waals surface area contributed by atoms with E-state index in [2.05, 4.69) is 14.9 Å². The number of nitrogens with one attached hydrogen (secondary N) is 1. The summed E-state index contributed by atoms with van der Waals surface area (Å²) >= 11 is 5.78. The predicted molar refractivity (Wildman–Crippen MR) is 90.6 cm³/mol. The molecule has 0 aliphatic heterocycles. The van der Waals surface area contributed by atoms with Gasteiger partial charge in [0.25, 0.3) is 0 Å². The number of nitrogens with zero attached hydrogens (tertiary/aromatic N) is 2. The first-order valence-electron chi connectivity index (χ1n) is 7.11. The number of rotatable bonds is 6. The van der Waals surface area contributed by atoms with Gasteiger partial charge in [0.05, 0.1) is 12.3 Å². The van der Waals surface area contributed by atoms with Crippen molar-refractivity contribution in [3.05, 3.63) is 71.1 Å². The Hall–Kier alpha value is -2.22. The summed E-state index contributed by atoms with van der Waals surface area (Å²) in [4.78, 5) is 0. The number of hydrogen-bond acceptors (Lipinski definition) is 5. The van der Waals surface area contributed by atoms with Crippen molar-refractivity contribution in [2.45, 2.75) is 12.3 Å². The number of aromatic nitrogens is 2. The van der Waals surface area contributed by atoms with Gasteiger partial charge in [0.1, 0.15) is 0 Å². The third-order valence-electron chi connectivity index (χ3n) is 3.20. The Balaban J connectivity index is 1.63. The lowest BCUT2D eigenvalue weighted by Gasteiger charge is -2.05. The van der Waals surface area contributed by atoms with Gasteiger partial charge in [0, 0.05) is 10.6 Å². The van der Waals surface area contributed by atoms with Gasteiger partial charge in [-0.15, -0.1) is 10.2 Å². The maximum atomic E-state index is 12.1. The number of hydrogen-bond donors (Lipinski definition) is 1. The normalized spacial score (nSPS) is 11.5. The largest absolute Gasteiger partial charge is 0.419 e. The zero-order chi connectivity index (χ0) is 17.0. The zero-order valence-corrected chi connectivity index (χ0v) is 14.1. The van der Waals surface area contributed by atoms with Gasteiger partial charge in [0.15, 0.2) is 0 Å². The molecule has 3 rings (SSSR count). The summed E-state index contributed by atoms with van der Waals surface area (Å²) in [6.45, 7) is -0.0598. The Labute approximate surface area is 144 Å². The van der Waals surface area contributed by atoms with Crippen LogP contribution in [0.3, 0.4) is 0 Å². The van der Waals surface area contributed by atoms with E-state index in [-0.39, 0.29) is 18.2 Å². The van der Waals surface area contributed by atoms with E-state index < -0.39 is 10.0 Å². The Morgan fingerprint density at radius 3 is 2.42 bits per heavy atom. The van der Waals surface area contributed by atoms with Crippen molar-refractivity contribution in [1.82, 2.24) is 14.9 Å². The molecule has 0 spiro atoms. The second-order valence-corrected chi connectivity index (χ2v) is 7.32. The van der Waals surface area contributed by atoms with Gasteiger partial charge in [-0.3, -0.25) is 0 Å². The fourth-order valence-corrected chi connectivity index (χ4v) is 3.25. The van der Waals surface area contributed by atoms with Gasteiger partial charge in [-0.2, -0.15) is 0 Å². The van der Waals surface area contributed by atoms with Crippen LogP contribution in [-0.4, -0.2) is 18.6 Å². The first-order valence-corrected chi connectivity index (χ1v) is 9.14. The minimum Gasteiger partial charge on any atom is -0.419 e. The van der Waals surface area contributed by atoms with Crippen LogP contribution >= 0.6 is 11.6 Å². The maximum absolute atomic E-state index is 12.1. The van der Waals surface area contributed by atoms with E-state index >= 15 is 0 Å². The molecule has 8 heteroatoms. The standard InChI is InChI=1S/C16H14ClN3O3S/c17-14-8-6-12(7-9-14)11-24(21,22)18-10-15-19-20-16(23-15)13-4-2-1-3-5-13/h1-9,18H,10-11H2. The van der Waals surface area contributed by atoms with Crippen molar-refractivity contribution in [2.75, 3.05) is 0 Å². The van der Waals surface area contributed by atoms with Crippen LogP contribution in [-0.2, 0) is 22.3 Å². The van der Waals surface area contributed by atoms with E-state index in [4.69, 9.17) is 16.0 Å². The fraction of sp³-hybridized carbons (Fsp3) is 0.125. The molecule has 3 aromatic rings. The lowest BCUT2D eigenvalue weighted by Crippen LogP contribution is -2.24. The van der Waals surface area contributed by atoms with E-state index in [0.29, 0.717) is 16.5 Å². The Morgan fingerprint density at radius 1 is 1.00 bits per heavy atom. The molecule has 0 aliphatic carbocycles. The molecule has 0 atom stereocenters. The van der Waals surface area contributed by atoms with Crippen LogP contribution in [0.4, 0.5) is 0 Å². The van der Waals surface area contributed by atoms with Gasteiger partial charge >= 0.3 is 0 Å². The third kappa shape index (κ3) is 4.41. The fourth-order valence-electron chi connectivity index (χ4n) is 2.05. The topological polar surface area (TPSA) is 85.1 Å². The highest BCUT2D eigenvalue weighted by molar-refractivity contribution is 7.88. The van der Waals surface area contributed by atoms with Gasteiger partial charge in [-0.1, -0.05) is 41.9 Å². The molecule has 0 radical (unpaired) electrons. The summed E-state index contributed by atoms with van der Waals surface area (Å²) in [5.41, 5.74) is 1.42. The second-order valence-electron chi connectivity index (χ2n) is 5.07. The second kappa shape index (κ2) is 7.12. The lowest BCUT2D eigenvalue weighted by molar-refractivity contribution is 0.494. The molecule has 0 saturated heterocycles. The molecule has 1 N–H and O–H groups in total. The highest BCUT2D eigenvalue weighted by atomic mass is 35.5. The van der Waals surface area contributed by atoms with E-state index in [9.17, 15) is 8.42 Å². The molecule has 0 fully saturated rings. The molecule has 24 heavy (non-hydrogen) atoms. The van der Waals surface area contributed by atoms with Gasteiger partial charge in [0.2, 0.25) is 21.8 Å². The quantitative estimate of drug-likeness (QED) is 0.727. The molecule has 1 aromatic heterocycles. The van der Waals surface area contributed by atoms with E-state index in [1.165, 1.54) is 0 Å². The monoisotopic (exact) mass is 363 g/mol. The summed E-state index contributed by atoms with van der Waals surface area (Å²) < 4.78 is 32.1. The average Bonchev–Trinajstić information content (AvgIpc) is 3.05. The van der Waals surface area contributed by atoms with Crippen molar-refractivity contribution in [1.29, 1.82) is 0 Å². The van der Waals surface area contributed by atoms with Crippen LogP contribution in [0.2, 0.25) is 5.02 Å². The predicted octanol–water partition coefficient (Wildman–Crippen LogP) is 3.01. The summed E-state index contributed by atoms with van der Waals surface area (Å²) in [5.74, 6) is 0.403.